The molecule has 1 saturated heterocycles. The third kappa shape index (κ3) is 6.59. The summed E-state index contributed by atoms with van der Waals surface area (Å²) in [4.78, 5) is 39.5. The number of benzene rings is 1. The number of nitrogens with zero attached hydrogens (tertiary/aromatic N) is 3. The lowest BCUT2D eigenvalue weighted by Crippen LogP contribution is -2.44. The molecule has 33 heavy (non-hydrogen) atoms. The van der Waals surface area contributed by atoms with Crippen LogP contribution in [-0.4, -0.2) is 52.0 Å². The number of carbonyl (C=O) groups excluding carboxylic acids is 3. The number of aromatic nitrogens is 2. The Morgan fingerprint density at radius 3 is 2.45 bits per heavy atom. The summed E-state index contributed by atoms with van der Waals surface area (Å²) in [5.74, 6) is -2.85. The minimum atomic E-state index is -0.715. The molecular formula is C23H29F2N5O3. The van der Waals surface area contributed by atoms with Gasteiger partial charge in [0, 0.05) is 57.3 Å². The molecule has 0 saturated carbocycles. The van der Waals surface area contributed by atoms with E-state index in [9.17, 15) is 23.2 Å². The van der Waals surface area contributed by atoms with Crippen molar-refractivity contribution in [3.8, 4) is 0 Å². The summed E-state index contributed by atoms with van der Waals surface area (Å²) in [5.41, 5.74) is 1.48. The lowest BCUT2D eigenvalue weighted by Gasteiger charge is -2.24. The van der Waals surface area contributed by atoms with E-state index in [-0.39, 0.29) is 36.7 Å². The predicted octanol–water partition coefficient (Wildman–Crippen LogP) is 2.07. The minimum Gasteiger partial charge on any atom is -0.352 e. The lowest BCUT2D eigenvalue weighted by atomic mass is 9.96. The Balaban J connectivity index is 1.60. The molecule has 1 aromatic heterocycles. The predicted molar refractivity (Wildman–Crippen MR) is 117 cm³/mol. The first kappa shape index (κ1) is 24.3. The van der Waals surface area contributed by atoms with Crippen molar-refractivity contribution < 1.29 is 23.2 Å². The number of rotatable bonds is 5. The normalized spacial score (nSPS) is 19.4. The fraction of sp³-hybridized carbons (Fsp3) is 0.478. The largest absolute Gasteiger partial charge is 0.352 e. The summed E-state index contributed by atoms with van der Waals surface area (Å²) in [6.07, 6.45) is 1.70. The molecule has 8 nitrogen and oxygen atoms in total. The van der Waals surface area contributed by atoms with Crippen molar-refractivity contribution in [3.63, 3.8) is 0 Å². The molecule has 0 bridgehead atoms. The SMILES string of the molecule is Cc1cc(C(=O)NC2CCCC(C(=O)NCc3cc(F)cc(F)c3)CC(=O)N(C)C2)nn1C. The van der Waals surface area contributed by atoms with E-state index < -0.39 is 17.6 Å². The first-order valence-electron chi connectivity index (χ1n) is 10.9. The second kappa shape index (κ2) is 10.5. The fourth-order valence-corrected chi connectivity index (χ4v) is 3.92. The number of hydrogen-bond donors (Lipinski definition) is 2. The number of amides is 3. The summed E-state index contributed by atoms with van der Waals surface area (Å²) in [6.45, 7) is 2.15. The number of likely N-dealkylation sites (N-methyl/N-ethyl adjacent to an activating group) is 1. The first-order chi connectivity index (χ1) is 15.6. The highest BCUT2D eigenvalue weighted by molar-refractivity contribution is 5.92. The molecule has 10 heteroatoms. The Morgan fingerprint density at radius 1 is 1.12 bits per heavy atom. The summed E-state index contributed by atoms with van der Waals surface area (Å²) < 4.78 is 28.3. The van der Waals surface area contributed by atoms with Crippen LogP contribution in [0.15, 0.2) is 24.3 Å². The van der Waals surface area contributed by atoms with Gasteiger partial charge < -0.3 is 15.5 Å². The third-order valence-corrected chi connectivity index (χ3v) is 5.89. The van der Waals surface area contributed by atoms with Crippen LogP contribution >= 0.6 is 0 Å². The van der Waals surface area contributed by atoms with Crippen LogP contribution in [0, 0.1) is 24.5 Å². The zero-order chi connectivity index (χ0) is 24.1. The van der Waals surface area contributed by atoms with Crippen molar-refractivity contribution in [2.45, 2.75) is 45.2 Å². The average Bonchev–Trinajstić information content (AvgIpc) is 3.10. The van der Waals surface area contributed by atoms with E-state index in [2.05, 4.69) is 15.7 Å². The zero-order valence-corrected chi connectivity index (χ0v) is 19.0. The minimum absolute atomic E-state index is 0.0277. The van der Waals surface area contributed by atoms with Gasteiger partial charge in [0.05, 0.1) is 0 Å². The van der Waals surface area contributed by atoms with E-state index in [4.69, 9.17) is 0 Å². The summed E-state index contributed by atoms with van der Waals surface area (Å²) in [5, 5.41) is 9.81. The van der Waals surface area contributed by atoms with Crippen molar-refractivity contribution in [1.82, 2.24) is 25.3 Å². The maximum absolute atomic E-state index is 13.4. The second-order valence-corrected chi connectivity index (χ2v) is 8.57. The molecule has 0 aliphatic carbocycles. The zero-order valence-electron chi connectivity index (χ0n) is 19.0. The van der Waals surface area contributed by atoms with Crippen LogP contribution in [0.2, 0.25) is 0 Å². The molecule has 0 radical (unpaired) electrons. The molecular weight excluding hydrogens is 432 g/mol. The van der Waals surface area contributed by atoms with E-state index in [1.165, 1.54) is 4.90 Å². The van der Waals surface area contributed by atoms with Crippen molar-refractivity contribution in [2.75, 3.05) is 13.6 Å². The van der Waals surface area contributed by atoms with E-state index >= 15 is 0 Å². The topological polar surface area (TPSA) is 96.3 Å². The smallest absolute Gasteiger partial charge is 0.272 e. The van der Waals surface area contributed by atoms with Crippen LogP contribution in [0.3, 0.4) is 0 Å². The van der Waals surface area contributed by atoms with E-state index in [1.54, 1.807) is 24.8 Å². The van der Waals surface area contributed by atoms with Crippen LogP contribution in [0.25, 0.3) is 0 Å². The van der Waals surface area contributed by atoms with Crippen LogP contribution < -0.4 is 10.6 Å². The molecule has 2 heterocycles. The molecule has 2 N–H and O–H groups in total. The maximum Gasteiger partial charge on any atom is 0.272 e. The highest BCUT2D eigenvalue weighted by Crippen LogP contribution is 2.19. The maximum atomic E-state index is 13.4. The highest BCUT2D eigenvalue weighted by Gasteiger charge is 2.28. The molecule has 1 aliphatic heterocycles. The Kier molecular flexibility index (Phi) is 7.78. The van der Waals surface area contributed by atoms with Crippen LogP contribution in [0.1, 0.15) is 47.4 Å². The van der Waals surface area contributed by atoms with Crippen molar-refractivity contribution >= 4 is 17.7 Å². The monoisotopic (exact) mass is 461 g/mol. The standard InChI is InChI=1S/C23H29F2N5O3/c1-14-7-20(28-30(14)3)23(33)27-19-6-4-5-16(10-21(31)29(2)13-19)22(32)26-12-15-8-17(24)11-18(25)9-15/h7-9,11,16,19H,4-6,10,12-13H2,1-3H3,(H,26,32)(H,27,33). The van der Waals surface area contributed by atoms with Gasteiger partial charge in [0.2, 0.25) is 11.8 Å². The summed E-state index contributed by atoms with van der Waals surface area (Å²) in [6, 6.07) is 4.50. The molecule has 1 aromatic carbocycles. The average molecular weight is 462 g/mol. The molecule has 3 rings (SSSR count). The molecule has 2 atom stereocenters. The molecule has 1 aliphatic rings. The summed E-state index contributed by atoms with van der Waals surface area (Å²) in [7, 11) is 3.40. The van der Waals surface area contributed by atoms with Crippen LogP contribution in [0.5, 0.6) is 0 Å². The van der Waals surface area contributed by atoms with Crippen molar-refractivity contribution in [2.24, 2.45) is 13.0 Å². The Hall–Kier alpha value is -3.30. The Bertz CT molecular complexity index is 999. The van der Waals surface area contributed by atoms with Crippen molar-refractivity contribution in [3.05, 3.63) is 52.9 Å². The molecule has 2 aromatic rings. The van der Waals surface area contributed by atoms with E-state index in [0.717, 1.165) is 23.9 Å². The Labute approximate surface area is 191 Å². The number of halogens is 2. The van der Waals surface area contributed by atoms with Gasteiger partial charge in [0.15, 0.2) is 0 Å². The van der Waals surface area contributed by atoms with Gasteiger partial charge in [-0.1, -0.05) is 6.42 Å². The van der Waals surface area contributed by atoms with Crippen molar-refractivity contribution in [1.29, 1.82) is 0 Å². The van der Waals surface area contributed by atoms with Gasteiger partial charge in [-0.3, -0.25) is 19.1 Å². The third-order valence-electron chi connectivity index (χ3n) is 5.89. The Morgan fingerprint density at radius 2 is 1.82 bits per heavy atom. The first-order valence-corrected chi connectivity index (χ1v) is 10.9. The molecule has 1 fully saturated rings. The van der Waals surface area contributed by atoms with Gasteiger partial charge >= 0.3 is 0 Å². The number of carbonyl (C=O) groups is 3. The molecule has 178 valence electrons. The van der Waals surface area contributed by atoms with Gasteiger partial charge in [-0.2, -0.15) is 5.10 Å². The van der Waals surface area contributed by atoms with E-state index in [0.29, 0.717) is 37.1 Å². The molecule has 3 amide bonds. The number of aryl methyl sites for hydroxylation is 2. The second-order valence-electron chi connectivity index (χ2n) is 8.57. The molecule has 2 unspecified atom stereocenters. The van der Waals surface area contributed by atoms with E-state index in [1.807, 2.05) is 6.92 Å². The van der Waals surface area contributed by atoms with Gasteiger partial charge in [-0.15, -0.1) is 0 Å². The van der Waals surface area contributed by atoms with Gasteiger partial charge in [0.1, 0.15) is 17.3 Å². The van der Waals surface area contributed by atoms with Gasteiger partial charge in [0.25, 0.3) is 5.91 Å². The fourth-order valence-electron chi connectivity index (χ4n) is 3.92. The lowest BCUT2D eigenvalue weighted by molar-refractivity contribution is -0.135. The van der Waals surface area contributed by atoms with Crippen LogP contribution in [-0.2, 0) is 23.2 Å². The van der Waals surface area contributed by atoms with Gasteiger partial charge in [-0.25, -0.2) is 8.78 Å². The number of nitrogens with one attached hydrogen (secondary N) is 2. The summed E-state index contributed by atoms with van der Waals surface area (Å²) >= 11 is 0. The quantitative estimate of drug-likeness (QED) is 0.713. The molecule has 0 spiro atoms. The van der Waals surface area contributed by atoms with Gasteiger partial charge in [-0.05, 0) is 43.5 Å². The highest BCUT2D eigenvalue weighted by atomic mass is 19.1. The number of hydrogen-bond acceptors (Lipinski definition) is 4. The van der Waals surface area contributed by atoms with Crippen LogP contribution in [0.4, 0.5) is 8.78 Å².